The predicted molar refractivity (Wildman–Crippen MR) is 58.8 cm³/mol. The van der Waals surface area contributed by atoms with Crippen molar-refractivity contribution in [1.82, 2.24) is 4.98 Å². The summed E-state index contributed by atoms with van der Waals surface area (Å²) >= 11 is 3.42. The van der Waals surface area contributed by atoms with Crippen molar-refractivity contribution in [2.45, 2.75) is 6.92 Å². The molecule has 1 aromatic heterocycles. The summed E-state index contributed by atoms with van der Waals surface area (Å²) in [5, 5.41) is 0. The molecule has 2 aromatic rings. The van der Waals surface area contributed by atoms with E-state index < -0.39 is 0 Å². The van der Waals surface area contributed by atoms with Crippen LogP contribution in [0.2, 0.25) is 0 Å². The highest BCUT2D eigenvalue weighted by atomic mass is 79.9. The van der Waals surface area contributed by atoms with Crippen molar-refractivity contribution in [2.75, 3.05) is 5.73 Å². The van der Waals surface area contributed by atoms with Crippen molar-refractivity contribution in [3.8, 4) is 11.3 Å². The van der Waals surface area contributed by atoms with E-state index in [-0.39, 0.29) is 6.01 Å². The number of nitrogen functional groups attached to an aromatic ring is 1. The van der Waals surface area contributed by atoms with Gasteiger partial charge in [0.25, 0.3) is 6.01 Å². The van der Waals surface area contributed by atoms with Crippen molar-refractivity contribution >= 4 is 21.9 Å². The van der Waals surface area contributed by atoms with Crippen LogP contribution in [0, 0.1) is 6.92 Å². The normalized spacial score (nSPS) is 10.4. The number of hydrogen-bond donors (Lipinski definition) is 1. The minimum absolute atomic E-state index is 0.192. The van der Waals surface area contributed by atoms with Gasteiger partial charge in [0, 0.05) is 10.0 Å². The molecule has 0 atom stereocenters. The molecule has 14 heavy (non-hydrogen) atoms. The van der Waals surface area contributed by atoms with E-state index in [1.165, 1.54) is 0 Å². The minimum Gasteiger partial charge on any atom is -0.424 e. The highest BCUT2D eigenvalue weighted by molar-refractivity contribution is 9.10. The van der Waals surface area contributed by atoms with Crippen LogP contribution < -0.4 is 5.73 Å². The molecule has 0 bridgehead atoms. The molecule has 0 aliphatic heterocycles. The van der Waals surface area contributed by atoms with E-state index in [1.54, 1.807) is 6.20 Å². The molecule has 0 saturated heterocycles. The Hall–Kier alpha value is -1.29. The van der Waals surface area contributed by atoms with E-state index in [4.69, 9.17) is 10.2 Å². The quantitative estimate of drug-likeness (QED) is 0.849. The summed E-state index contributed by atoms with van der Waals surface area (Å²) < 4.78 is 6.24. The molecular formula is C10H9BrN2O. The third-order valence-corrected chi connectivity index (χ3v) is 2.31. The van der Waals surface area contributed by atoms with E-state index in [2.05, 4.69) is 20.9 Å². The second-order valence-electron chi connectivity index (χ2n) is 3.08. The molecule has 1 aromatic carbocycles. The Morgan fingerprint density at radius 3 is 2.71 bits per heavy atom. The maximum atomic E-state index is 5.40. The third kappa shape index (κ3) is 1.80. The van der Waals surface area contributed by atoms with E-state index >= 15 is 0 Å². The first-order valence-electron chi connectivity index (χ1n) is 4.14. The molecule has 0 amide bonds. The van der Waals surface area contributed by atoms with Gasteiger partial charge in [-0.25, -0.2) is 4.98 Å². The minimum atomic E-state index is 0.192. The lowest BCUT2D eigenvalue weighted by Gasteiger charge is -1.99. The van der Waals surface area contributed by atoms with E-state index in [9.17, 15) is 0 Å². The first-order valence-corrected chi connectivity index (χ1v) is 4.93. The molecule has 3 nitrogen and oxygen atoms in total. The van der Waals surface area contributed by atoms with Crippen molar-refractivity contribution in [3.05, 3.63) is 34.4 Å². The zero-order valence-corrected chi connectivity index (χ0v) is 9.21. The molecule has 72 valence electrons. The number of nitrogens with two attached hydrogens (primary N) is 1. The smallest absolute Gasteiger partial charge is 0.292 e. The largest absolute Gasteiger partial charge is 0.424 e. The third-order valence-electron chi connectivity index (χ3n) is 1.85. The topological polar surface area (TPSA) is 52.0 Å². The fourth-order valence-electron chi connectivity index (χ4n) is 1.30. The van der Waals surface area contributed by atoms with Gasteiger partial charge in [-0.3, -0.25) is 0 Å². The molecule has 0 aliphatic carbocycles. The van der Waals surface area contributed by atoms with Crippen LogP contribution in [-0.2, 0) is 0 Å². The Balaban J connectivity index is 2.51. The number of nitrogens with zero attached hydrogens (tertiary/aromatic N) is 1. The van der Waals surface area contributed by atoms with E-state index in [1.807, 2.05) is 25.1 Å². The highest BCUT2D eigenvalue weighted by Gasteiger charge is 2.05. The molecule has 0 radical (unpaired) electrons. The van der Waals surface area contributed by atoms with Crippen LogP contribution in [0.1, 0.15) is 5.56 Å². The molecule has 0 unspecified atom stereocenters. The predicted octanol–water partition coefficient (Wildman–Crippen LogP) is 2.99. The molecule has 2 rings (SSSR count). The van der Waals surface area contributed by atoms with Crippen LogP contribution in [0.25, 0.3) is 11.3 Å². The second kappa shape index (κ2) is 3.46. The SMILES string of the molecule is Cc1cc(Br)cc(-c2cnc(N)o2)c1. The fraction of sp³-hybridized carbons (Fsp3) is 0.100. The highest BCUT2D eigenvalue weighted by Crippen LogP contribution is 2.25. The summed E-state index contributed by atoms with van der Waals surface area (Å²) in [6.07, 6.45) is 1.62. The number of hydrogen-bond acceptors (Lipinski definition) is 3. The maximum Gasteiger partial charge on any atom is 0.292 e. The number of aromatic nitrogens is 1. The Morgan fingerprint density at radius 1 is 1.36 bits per heavy atom. The van der Waals surface area contributed by atoms with Gasteiger partial charge in [0.1, 0.15) is 0 Å². The maximum absolute atomic E-state index is 5.40. The Morgan fingerprint density at radius 2 is 2.14 bits per heavy atom. The van der Waals surface area contributed by atoms with Gasteiger partial charge in [0.15, 0.2) is 5.76 Å². The number of aryl methyl sites for hydroxylation is 1. The van der Waals surface area contributed by atoms with Crippen LogP contribution in [0.4, 0.5) is 6.01 Å². The number of halogens is 1. The Labute approximate surface area is 90.1 Å². The van der Waals surface area contributed by atoms with Gasteiger partial charge >= 0.3 is 0 Å². The lowest BCUT2D eigenvalue weighted by molar-refractivity contribution is 0.595. The van der Waals surface area contributed by atoms with Gasteiger partial charge in [-0.1, -0.05) is 15.9 Å². The van der Waals surface area contributed by atoms with Crippen LogP contribution >= 0.6 is 15.9 Å². The van der Waals surface area contributed by atoms with Crippen molar-refractivity contribution in [1.29, 1.82) is 0 Å². The van der Waals surface area contributed by atoms with Gasteiger partial charge in [-0.05, 0) is 30.7 Å². The fourth-order valence-corrected chi connectivity index (χ4v) is 1.91. The standard InChI is InChI=1S/C10H9BrN2O/c1-6-2-7(4-8(11)3-6)9-5-13-10(12)14-9/h2-5H,1H3,(H2,12,13). The molecule has 4 heteroatoms. The molecule has 2 N–H and O–H groups in total. The van der Waals surface area contributed by atoms with Gasteiger partial charge in [-0.15, -0.1) is 0 Å². The molecule has 0 aliphatic rings. The first kappa shape index (κ1) is 9.27. The lowest BCUT2D eigenvalue weighted by Crippen LogP contribution is -1.80. The summed E-state index contributed by atoms with van der Waals surface area (Å²) in [5.41, 5.74) is 7.53. The summed E-state index contributed by atoms with van der Waals surface area (Å²) in [6.45, 7) is 2.02. The van der Waals surface area contributed by atoms with Gasteiger partial charge in [0.05, 0.1) is 6.20 Å². The van der Waals surface area contributed by atoms with Crippen molar-refractivity contribution in [3.63, 3.8) is 0 Å². The van der Waals surface area contributed by atoms with E-state index in [0.29, 0.717) is 5.76 Å². The summed E-state index contributed by atoms with van der Waals surface area (Å²) in [4.78, 5) is 3.85. The number of benzene rings is 1. The second-order valence-corrected chi connectivity index (χ2v) is 4.00. The summed E-state index contributed by atoms with van der Waals surface area (Å²) in [5.74, 6) is 0.687. The van der Waals surface area contributed by atoms with Gasteiger partial charge in [0.2, 0.25) is 0 Å². The average Bonchev–Trinajstić information content (AvgIpc) is 2.50. The van der Waals surface area contributed by atoms with Gasteiger partial charge < -0.3 is 10.2 Å². The molecular weight excluding hydrogens is 244 g/mol. The van der Waals surface area contributed by atoms with Crippen LogP contribution in [0.5, 0.6) is 0 Å². The number of rotatable bonds is 1. The first-order chi connectivity index (χ1) is 6.65. The zero-order valence-electron chi connectivity index (χ0n) is 7.62. The number of oxazole rings is 1. The van der Waals surface area contributed by atoms with Crippen LogP contribution in [-0.4, -0.2) is 4.98 Å². The van der Waals surface area contributed by atoms with Crippen LogP contribution in [0.15, 0.2) is 33.3 Å². The van der Waals surface area contributed by atoms with E-state index in [0.717, 1.165) is 15.6 Å². The number of anilines is 1. The molecule has 1 heterocycles. The van der Waals surface area contributed by atoms with Crippen molar-refractivity contribution < 1.29 is 4.42 Å². The Kier molecular flexibility index (Phi) is 2.29. The summed E-state index contributed by atoms with van der Waals surface area (Å²) in [6, 6.07) is 6.21. The molecule has 0 fully saturated rings. The van der Waals surface area contributed by atoms with Crippen LogP contribution in [0.3, 0.4) is 0 Å². The Bertz CT molecular complexity index is 445. The van der Waals surface area contributed by atoms with Crippen molar-refractivity contribution in [2.24, 2.45) is 0 Å². The van der Waals surface area contributed by atoms with Gasteiger partial charge in [-0.2, -0.15) is 0 Å². The zero-order chi connectivity index (χ0) is 10.1. The monoisotopic (exact) mass is 252 g/mol. The molecule has 0 saturated carbocycles. The lowest BCUT2D eigenvalue weighted by atomic mass is 10.1. The molecule has 0 spiro atoms. The average molecular weight is 253 g/mol. The summed E-state index contributed by atoms with van der Waals surface area (Å²) in [7, 11) is 0.